The van der Waals surface area contributed by atoms with Gasteiger partial charge in [-0.1, -0.05) is 0 Å². The van der Waals surface area contributed by atoms with Gasteiger partial charge in [0, 0.05) is 19.4 Å². The highest BCUT2D eigenvalue weighted by Gasteiger charge is 1.83. The van der Waals surface area contributed by atoms with Crippen molar-refractivity contribution in [2.24, 2.45) is 18.5 Å². The fourth-order valence-corrected chi connectivity index (χ4v) is 0.440. The van der Waals surface area contributed by atoms with Crippen molar-refractivity contribution in [2.45, 2.75) is 6.92 Å². The van der Waals surface area contributed by atoms with E-state index in [-0.39, 0.29) is 0 Å². The molecule has 11 heavy (non-hydrogen) atoms. The molecule has 1 aromatic rings. The topological polar surface area (TPSA) is 86.9 Å². The minimum Gasteiger partial charge on any atom is -0.352 e. The normalized spacial score (nSPS) is 8.18. The lowest BCUT2D eigenvalue weighted by atomic mass is 10.7. The number of urea groups is 1. The maximum absolute atomic E-state index is 9.00. The number of nitrogens with zero attached hydrogens (tertiary/aromatic N) is 2. The van der Waals surface area contributed by atoms with E-state index in [0.717, 1.165) is 5.82 Å². The van der Waals surface area contributed by atoms with Crippen molar-refractivity contribution in [3.63, 3.8) is 0 Å². The van der Waals surface area contributed by atoms with Gasteiger partial charge in [-0.25, -0.2) is 9.78 Å². The first kappa shape index (κ1) is 9.48. The second kappa shape index (κ2) is 4.32. The molecule has 0 aromatic carbocycles. The average molecular weight is 156 g/mol. The average Bonchev–Trinajstić information content (AvgIpc) is 2.15. The zero-order valence-corrected chi connectivity index (χ0v) is 6.61. The van der Waals surface area contributed by atoms with E-state index in [1.165, 1.54) is 0 Å². The summed E-state index contributed by atoms with van der Waals surface area (Å²) in [5.74, 6) is 1.06. The SMILES string of the molecule is Cc1nccn1C.NC(N)=O. The van der Waals surface area contributed by atoms with Crippen LogP contribution in [0, 0.1) is 6.92 Å². The van der Waals surface area contributed by atoms with Crippen LogP contribution in [0.15, 0.2) is 12.4 Å². The molecule has 0 unspecified atom stereocenters. The van der Waals surface area contributed by atoms with Crippen molar-refractivity contribution < 1.29 is 4.79 Å². The Morgan fingerprint density at radius 1 is 1.64 bits per heavy atom. The van der Waals surface area contributed by atoms with Crippen molar-refractivity contribution in [1.82, 2.24) is 9.55 Å². The number of hydrogen-bond acceptors (Lipinski definition) is 2. The first-order valence-corrected chi connectivity index (χ1v) is 3.03. The molecule has 0 saturated carbocycles. The zero-order valence-electron chi connectivity index (χ0n) is 6.61. The summed E-state index contributed by atoms with van der Waals surface area (Å²) >= 11 is 0. The Balaban J connectivity index is 0.000000218. The van der Waals surface area contributed by atoms with E-state index in [1.807, 2.05) is 24.7 Å². The van der Waals surface area contributed by atoms with Gasteiger partial charge in [0.15, 0.2) is 0 Å². The zero-order chi connectivity index (χ0) is 8.85. The molecule has 4 N–H and O–H groups in total. The molecule has 0 aliphatic carbocycles. The summed E-state index contributed by atoms with van der Waals surface area (Å²) in [6, 6.07) is -0.833. The van der Waals surface area contributed by atoms with Gasteiger partial charge in [0.25, 0.3) is 0 Å². The summed E-state index contributed by atoms with van der Waals surface area (Å²) in [5, 5.41) is 0. The van der Waals surface area contributed by atoms with Crippen molar-refractivity contribution in [2.75, 3.05) is 0 Å². The number of imidazole rings is 1. The van der Waals surface area contributed by atoms with Crippen LogP contribution in [0.2, 0.25) is 0 Å². The first-order chi connectivity index (χ1) is 5.04. The molecule has 0 atom stereocenters. The summed E-state index contributed by atoms with van der Waals surface area (Å²) in [6.45, 7) is 1.97. The molecular weight excluding hydrogens is 144 g/mol. The number of hydrogen-bond donors (Lipinski definition) is 2. The molecule has 0 bridgehead atoms. The predicted molar refractivity (Wildman–Crippen MR) is 41.7 cm³/mol. The molecule has 0 aliphatic heterocycles. The van der Waals surface area contributed by atoms with E-state index in [0.29, 0.717) is 0 Å². The van der Waals surface area contributed by atoms with Gasteiger partial charge in [0.05, 0.1) is 0 Å². The van der Waals surface area contributed by atoms with Crippen LogP contribution >= 0.6 is 0 Å². The lowest BCUT2D eigenvalue weighted by molar-refractivity contribution is 0.256. The molecule has 0 saturated heterocycles. The van der Waals surface area contributed by atoms with Crippen LogP contribution in [0.3, 0.4) is 0 Å². The third kappa shape index (κ3) is 4.95. The molecule has 0 fully saturated rings. The fraction of sp³-hybridized carbons (Fsp3) is 0.333. The van der Waals surface area contributed by atoms with Gasteiger partial charge in [-0.2, -0.15) is 0 Å². The Kier molecular flexibility index (Phi) is 3.72. The highest BCUT2D eigenvalue weighted by Crippen LogP contribution is 1.86. The highest BCUT2D eigenvalue weighted by atomic mass is 16.2. The number of primary amides is 2. The van der Waals surface area contributed by atoms with Gasteiger partial charge >= 0.3 is 6.03 Å². The Bertz CT molecular complexity index is 210. The number of carbonyl (C=O) groups is 1. The van der Waals surface area contributed by atoms with E-state index in [1.54, 1.807) is 6.20 Å². The van der Waals surface area contributed by atoms with Crippen LogP contribution in [-0.4, -0.2) is 15.6 Å². The van der Waals surface area contributed by atoms with E-state index < -0.39 is 6.03 Å². The third-order valence-electron chi connectivity index (χ3n) is 1.06. The van der Waals surface area contributed by atoms with Crippen molar-refractivity contribution >= 4 is 6.03 Å². The van der Waals surface area contributed by atoms with Crippen LogP contribution in [0.25, 0.3) is 0 Å². The summed E-state index contributed by atoms with van der Waals surface area (Å²) in [5.41, 5.74) is 8.50. The first-order valence-electron chi connectivity index (χ1n) is 3.03. The smallest absolute Gasteiger partial charge is 0.309 e. The lowest BCUT2D eigenvalue weighted by Gasteiger charge is -1.87. The number of nitrogens with two attached hydrogens (primary N) is 2. The summed E-state index contributed by atoms with van der Waals surface area (Å²) in [6.07, 6.45) is 3.71. The molecule has 2 amide bonds. The van der Waals surface area contributed by atoms with Crippen LogP contribution < -0.4 is 11.5 Å². The summed E-state index contributed by atoms with van der Waals surface area (Å²) < 4.78 is 1.97. The molecule has 5 heteroatoms. The molecule has 1 rings (SSSR count). The van der Waals surface area contributed by atoms with E-state index >= 15 is 0 Å². The molecule has 5 nitrogen and oxygen atoms in total. The molecule has 0 spiro atoms. The van der Waals surface area contributed by atoms with Crippen molar-refractivity contribution in [3.8, 4) is 0 Å². The van der Waals surface area contributed by atoms with E-state index in [9.17, 15) is 0 Å². The Labute approximate surface area is 65.0 Å². The fourth-order valence-electron chi connectivity index (χ4n) is 0.440. The molecular formula is C6H12N4O. The number of aromatic nitrogens is 2. The van der Waals surface area contributed by atoms with Gasteiger partial charge in [0.1, 0.15) is 5.82 Å². The Hall–Kier alpha value is -1.52. The van der Waals surface area contributed by atoms with Gasteiger partial charge in [-0.15, -0.1) is 0 Å². The maximum Gasteiger partial charge on any atom is 0.309 e. The minimum absolute atomic E-state index is 0.833. The third-order valence-corrected chi connectivity index (χ3v) is 1.06. The Morgan fingerprint density at radius 3 is 2.18 bits per heavy atom. The van der Waals surface area contributed by atoms with Crippen LogP contribution in [0.5, 0.6) is 0 Å². The van der Waals surface area contributed by atoms with E-state index in [2.05, 4.69) is 16.5 Å². The number of carbonyl (C=O) groups excluding carboxylic acids is 1. The second-order valence-corrected chi connectivity index (χ2v) is 1.99. The number of amides is 2. The molecule has 62 valence electrons. The van der Waals surface area contributed by atoms with Crippen molar-refractivity contribution in [3.05, 3.63) is 18.2 Å². The van der Waals surface area contributed by atoms with Crippen LogP contribution in [-0.2, 0) is 7.05 Å². The number of aryl methyl sites for hydroxylation is 2. The van der Waals surface area contributed by atoms with Crippen molar-refractivity contribution in [1.29, 1.82) is 0 Å². The monoisotopic (exact) mass is 156 g/mol. The van der Waals surface area contributed by atoms with Crippen LogP contribution in [0.4, 0.5) is 4.79 Å². The quantitative estimate of drug-likeness (QED) is 0.542. The summed E-state index contributed by atoms with van der Waals surface area (Å²) in [7, 11) is 1.97. The minimum atomic E-state index is -0.833. The molecule has 1 aromatic heterocycles. The largest absolute Gasteiger partial charge is 0.352 e. The van der Waals surface area contributed by atoms with Gasteiger partial charge in [-0.05, 0) is 6.92 Å². The molecule has 1 heterocycles. The molecule has 0 aliphatic rings. The van der Waals surface area contributed by atoms with E-state index in [4.69, 9.17) is 4.79 Å². The van der Waals surface area contributed by atoms with Gasteiger partial charge < -0.3 is 16.0 Å². The maximum atomic E-state index is 9.00. The predicted octanol–water partition coefficient (Wildman–Crippen LogP) is -0.248. The van der Waals surface area contributed by atoms with Crippen LogP contribution in [0.1, 0.15) is 5.82 Å². The number of rotatable bonds is 0. The highest BCUT2D eigenvalue weighted by molar-refractivity contribution is 5.69. The summed E-state index contributed by atoms with van der Waals surface area (Å²) in [4.78, 5) is 13.0. The van der Waals surface area contributed by atoms with Gasteiger partial charge in [-0.3, -0.25) is 0 Å². The standard InChI is InChI=1S/C5H8N2.CH4N2O/c1-5-6-3-4-7(5)2;2-1(3)4/h3-4H,1-2H3;(H4,2,3,4). The lowest BCUT2D eigenvalue weighted by Crippen LogP contribution is -2.18. The molecule has 0 radical (unpaired) electrons. The Morgan fingerprint density at radius 2 is 2.09 bits per heavy atom. The second-order valence-electron chi connectivity index (χ2n) is 1.99. The van der Waals surface area contributed by atoms with Gasteiger partial charge in [0.2, 0.25) is 0 Å².